The lowest BCUT2D eigenvalue weighted by molar-refractivity contribution is 0.150. The highest BCUT2D eigenvalue weighted by Gasteiger charge is 2.37. The zero-order valence-corrected chi connectivity index (χ0v) is 14.0. The van der Waals surface area contributed by atoms with Crippen LogP contribution in [0.25, 0.3) is 0 Å². The van der Waals surface area contributed by atoms with Gasteiger partial charge in [0.25, 0.3) is 0 Å². The molecule has 0 saturated heterocycles. The maximum absolute atomic E-state index is 13.2. The summed E-state index contributed by atoms with van der Waals surface area (Å²) in [7, 11) is 4.19. The molecule has 0 aliphatic rings. The average Bonchev–Trinajstić information content (AvgIpc) is 2.45. The number of benzene rings is 1. The maximum atomic E-state index is 13.2. The van der Waals surface area contributed by atoms with E-state index in [1.165, 1.54) is 12.1 Å². The van der Waals surface area contributed by atoms with Gasteiger partial charge in [0.2, 0.25) is 0 Å². The van der Waals surface area contributed by atoms with Gasteiger partial charge in [-0.05, 0) is 44.6 Å². The van der Waals surface area contributed by atoms with Crippen LogP contribution in [0.5, 0.6) is 0 Å². The van der Waals surface area contributed by atoms with E-state index in [0.717, 1.165) is 44.1 Å². The Morgan fingerprint density at radius 1 is 1.10 bits per heavy atom. The van der Waals surface area contributed by atoms with Gasteiger partial charge in [-0.15, -0.1) is 0 Å². The first-order valence-electron chi connectivity index (χ1n) is 8.17. The minimum Gasteiger partial charge on any atom is -0.320 e. The summed E-state index contributed by atoms with van der Waals surface area (Å²) in [5.74, 6) is -0.202. The molecule has 0 saturated carbocycles. The Morgan fingerprint density at radius 2 is 1.67 bits per heavy atom. The molecule has 0 aliphatic heterocycles. The van der Waals surface area contributed by atoms with Crippen molar-refractivity contribution in [3.05, 3.63) is 35.6 Å². The van der Waals surface area contributed by atoms with E-state index in [1.54, 1.807) is 0 Å². The van der Waals surface area contributed by atoms with Gasteiger partial charge in [0, 0.05) is 6.04 Å². The van der Waals surface area contributed by atoms with E-state index in [9.17, 15) is 4.39 Å². The number of hydrogen-bond acceptors (Lipinski definition) is 2. The first-order valence-corrected chi connectivity index (χ1v) is 8.17. The second-order valence-corrected chi connectivity index (χ2v) is 6.27. The van der Waals surface area contributed by atoms with Gasteiger partial charge in [-0.2, -0.15) is 0 Å². The zero-order valence-electron chi connectivity index (χ0n) is 14.0. The molecule has 0 aliphatic carbocycles. The van der Waals surface area contributed by atoms with Crippen LogP contribution in [0.15, 0.2) is 24.3 Å². The van der Waals surface area contributed by atoms with Gasteiger partial charge in [-0.3, -0.25) is 0 Å². The van der Waals surface area contributed by atoms with Crippen LogP contribution in [0.2, 0.25) is 0 Å². The van der Waals surface area contributed by atoms with Crippen molar-refractivity contribution in [3.8, 4) is 0 Å². The van der Waals surface area contributed by atoms with Gasteiger partial charge in [-0.1, -0.05) is 51.7 Å². The van der Waals surface area contributed by atoms with Crippen molar-refractivity contribution in [2.24, 2.45) is 5.73 Å². The second kappa shape index (κ2) is 8.50. The highest BCUT2D eigenvalue weighted by molar-refractivity contribution is 5.27. The molecular weight excluding hydrogens is 263 g/mol. The number of hydrogen-bond donors (Lipinski definition) is 1. The molecule has 0 amide bonds. The number of unbranched alkanes of at least 4 members (excludes halogenated alkanes) is 2. The number of likely N-dealkylation sites (N-methyl/N-ethyl adjacent to an activating group) is 1. The summed E-state index contributed by atoms with van der Waals surface area (Å²) in [5, 5.41) is 0. The van der Waals surface area contributed by atoms with Crippen LogP contribution in [-0.2, 0) is 5.54 Å². The largest absolute Gasteiger partial charge is 0.320 e. The van der Waals surface area contributed by atoms with E-state index in [1.807, 2.05) is 12.1 Å². The molecule has 0 radical (unpaired) electrons. The first kappa shape index (κ1) is 18.1. The molecule has 2 atom stereocenters. The zero-order chi connectivity index (χ0) is 15.9. The third kappa shape index (κ3) is 4.79. The number of nitrogens with two attached hydrogens (primary N) is 1. The number of nitrogens with zero attached hydrogens (tertiary/aromatic N) is 1. The Labute approximate surface area is 129 Å². The van der Waals surface area contributed by atoms with Crippen LogP contribution in [0.3, 0.4) is 0 Å². The number of rotatable bonds is 9. The van der Waals surface area contributed by atoms with Gasteiger partial charge < -0.3 is 10.6 Å². The van der Waals surface area contributed by atoms with Crippen molar-refractivity contribution >= 4 is 0 Å². The Bertz CT molecular complexity index is 402. The summed E-state index contributed by atoms with van der Waals surface area (Å²) in [5.41, 5.74) is 7.51. The maximum Gasteiger partial charge on any atom is 0.123 e. The molecule has 120 valence electrons. The van der Waals surface area contributed by atoms with Crippen molar-refractivity contribution in [3.63, 3.8) is 0 Å². The van der Waals surface area contributed by atoms with E-state index in [4.69, 9.17) is 5.73 Å². The molecule has 0 heterocycles. The van der Waals surface area contributed by atoms with E-state index in [-0.39, 0.29) is 11.9 Å². The molecule has 3 heteroatoms. The molecule has 1 aromatic carbocycles. The molecule has 0 bridgehead atoms. The SMILES string of the molecule is CCCCC(N(C)C)C(N)(CCCC)c1ccc(F)cc1. The predicted octanol–water partition coefficient (Wildman–Crippen LogP) is 4.29. The Morgan fingerprint density at radius 3 is 2.14 bits per heavy atom. The summed E-state index contributed by atoms with van der Waals surface area (Å²) in [6.07, 6.45) is 6.54. The van der Waals surface area contributed by atoms with Gasteiger partial charge in [0.15, 0.2) is 0 Å². The molecule has 2 unspecified atom stereocenters. The standard InChI is InChI=1S/C18H31FN2/c1-5-7-9-17(21(3)4)18(20,14-8-6-2)15-10-12-16(19)13-11-15/h10-13,17H,5-9,14,20H2,1-4H3. The topological polar surface area (TPSA) is 29.3 Å². The Kier molecular flexibility index (Phi) is 7.33. The minimum absolute atomic E-state index is 0.202. The van der Waals surface area contributed by atoms with Gasteiger partial charge >= 0.3 is 0 Å². The molecule has 0 fully saturated rings. The summed E-state index contributed by atoms with van der Waals surface area (Å²) >= 11 is 0. The third-order valence-corrected chi connectivity index (χ3v) is 4.37. The van der Waals surface area contributed by atoms with Crippen LogP contribution in [0.4, 0.5) is 4.39 Å². The summed E-state index contributed by atoms with van der Waals surface area (Å²) in [6, 6.07) is 7.03. The average molecular weight is 294 g/mol. The molecule has 0 spiro atoms. The molecule has 2 N–H and O–H groups in total. The summed E-state index contributed by atoms with van der Waals surface area (Å²) < 4.78 is 13.2. The fraction of sp³-hybridized carbons (Fsp3) is 0.667. The van der Waals surface area contributed by atoms with Crippen LogP contribution >= 0.6 is 0 Å². The summed E-state index contributed by atoms with van der Waals surface area (Å²) in [4.78, 5) is 2.23. The van der Waals surface area contributed by atoms with Crippen LogP contribution in [0.1, 0.15) is 57.9 Å². The first-order chi connectivity index (χ1) is 9.95. The van der Waals surface area contributed by atoms with E-state index in [0.29, 0.717) is 0 Å². The Hall–Kier alpha value is -0.930. The molecule has 1 rings (SSSR count). The van der Waals surface area contributed by atoms with Crippen molar-refractivity contribution < 1.29 is 4.39 Å². The fourth-order valence-corrected chi connectivity index (χ4v) is 3.11. The van der Waals surface area contributed by atoms with Crippen molar-refractivity contribution in [2.75, 3.05) is 14.1 Å². The smallest absolute Gasteiger partial charge is 0.123 e. The molecule has 0 aromatic heterocycles. The van der Waals surface area contributed by atoms with E-state index in [2.05, 4.69) is 32.8 Å². The number of halogens is 1. The van der Waals surface area contributed by atoms with Crippen molar-refractivity contribution in [2.45, 2.75) is 64.0 Å². The molecule has 21 heavy (non-hydrogen) atoms. The lowest BCUT2D eigenvalue weighted by atomic mass is 9.77. The minimum atomic E-state index is -0.414. The molecular formula is C18H31FN2. The highest BCUT2D eigenvalue weighted by atomic mass is 19.1. The lowest BCUT2D eigenvalue weighted by Gasteiger charge is -2.42. The Balaban J connectivity index is 3.12. The fourth-order valence-electron chi connectivity index (χ4n) is 3.11. The van der Waals surface area contributed by atoms with Gasteiger partial charge in [-0.25, -0.2) is 4.39 Å². The van der Waals surface area contributed by atoms with Crippen molar-refractivity contribution in [1.29, 1.82) is 0 Å². The summed E-state index contributed by atoms with van der Waals surface area (Å²) in [6.45, 7) is 4.39. The van der Waals surface area contributed by atoms with Crippen molar-refractivity contribution in [1.82, 2.24) is 4.90 Å². The van der Waals surface area contributed by atoms with Gasteiger partial charge in [0.05, 0.1) is 5.54 Å². The highest BCUT2D eigenvalue weighted by Crippen LogP contribution is 2.33. The van der Waals surface area contributed by atoms with Crippen LogP contribution in [0, 0.1) is 5.82 Å². The van der Waals surface area contributed by atoms with Crippen LogP contribution < -0.4 is 5.73 Å². The molecule has 1 aromatic rings. The lowest BCUT2D eigenvalue weighted by Crippen LogP contribution is -2.54. The monoisotopic (exact) mass is 294 g/mol. The predicted molar refractivity (Wildman–Crippen MR) is 88.8 cm³/mol. The second-order valence-electron chi connectivity index (χ2n) is 6.27. The van der Waals surface area contributed by atoms with Crippen LogP contribution in [-0.4, -0.2) is 25.0 Å². The van der Waals surface area contributed by atoms with E-state index < -0.39 is 5.54 Å². The third-order valence-electron chi connectivity index (χ3n) is 4.37. The quantitative estimate of drug-likeness (QED) is 0.736. The normalized spacial score (nSPS) is 16.0. The molecule has 2 nitrogen and oxygen atoms in total. The van der Waals surface area contributed by atoms with E-state index >= 15 is 0 Å². The van der Waals surface area contributed by atoms with Gasteiger partial charge in [0.1, 0.15) is 5.82 Å².